The van der Waals surface area contributed by atoms with E-state index < -0.39 is 20.8 Å². The van der Waals surface area contributed by atoms with Crippen molar-refractivity contribution in [3.8, 4) is 19.5 Å². The molecule has 184 valence electrons. The van der Waals surface area contributed by atoms with Crippen LogP contribution in [0.25, 0.3) is 30.3 Å². The van der Waals surface area contributed by atoms with Gasteiger partial charge in [0.15, 0.2) is 0 Å². The summed E-state index contributed by atoms with van der Waals surface area (Å²) >= 11 is 7.61. The molecule has 0 fully saturated rings. The van der Waals surface area contributed by atoms with Gasteiger partial charge in [-0.05, 0) is 62.7 Å². The van der Waals surface area contributed by atoms with E-state index in [4.69, 9.17) is 35.0 Å². The molecule has 0 unspecified atom stereocenters. The topological polar surface area (TPSA) is 155 Å². The van der Waals surface area contributed by atoms with Crippen molar-refractivity contribution < 1.29 is 35.0 Å². The zero-order valence-electron chi connectivity index (χ0n) is 18.3. The molecule has 0 bridgehead atoms. The smallest absolute Gasteiger partial charge is 0.285 e. The molecular weight excluding hydrogens is 561 g/mol. The second-order valence-electron chi connectivity index (χ2n) is 6.84. The summed E-state index contributed by atoms with van der Waals surface area (Å²) < 4.78 is 68.5. The van der Waals surface area contributed by atoms with Crippen molar-refractivity contribution in [2.75, 3.05) is 0 Å². The lowest BCUT2D eigenvalue weighted by molar-refractivity contribution is 0.363. The first-order valence-electron chi connectivity index (χ1n) is 9.22. The largest absolute Gasteiger partial charge is 0.726 e. The molecule has 0 atom stereocenters. The van der Waals surface area contributed by atoms with E-state index in [1.54, 1.807) is 0 Å². The van der Waals surface area contributed by atoms with Gasteiger partial charge in [0.1, 0.15) is 19.5 Å². The summed E-state index contributed by atoms with van der Waals surface area (Å²) in [5.41, 5.74) is 2.68. The minimum Gasteiger partial charge on any atom is -0.726 e. The number of rotatable bonds is 2. The Bertz CT molecular complexity index is 1350. The van der Waals surface area contributed by atoms with Gasteiger partial charge in [0.2, 0.25) is 20.8 Å². The van der Waals surface area contributed by atoms with Gasteiger partial charge in [0.25, 0.3) is 8.38 Å². The van der Waals surface area contributed by atoms with E-state index in [0.717, 1.165) is 0 Å². The number of aryl methyl sites for hydroxylation is 4. The van der Waals surface area contributed by atoms with Gasteiger partial charge in [-0.15, -0.1) is 0 Å². The molecule has 14 heteroatoms. The van der Waals surface area contributed by atoms with E-state index in [1.165, 1.54) is 49.8 Å². The molecule has 0 saturated carbocycles. The molecule has 34 heavy (non-hydrogen) atoms. The molecule has 0 aliphatic rings. The monoisotopic (exact) mass is 580 g/mol. The van der Waals surface area contributed by atoms with E-state index in [1.807, 2.05) is 45.3 Å². The van der Waals surface area contributed by atoms with Gasteiger partial charge in [-0.3, -0.25) is 9.11 Å². The standard InChI is InChI=1S/C20H18S4.2H2O4S/c1-11-12(2)22-19(21-11)17-7-5-16-10-18(8-6-15(16)9-17)20-23-13(3)14(4)24-20;2*1-5(2,3)4/h5-10H,1-4H3;2*(H2,1,2,3,4)/q+2;;/p-2. The van der Waals surface area contributed by atoms with Crippen LogP contribution in [0.2, 0.25) is 0 Å². The van der Waals surface area contributed by atoms with Crippen molar-refractivity contribution >= 4 is 76.9 Å². The Kier molecular flexibility index (Phi) is 9.75. The van der Waals surface area contributed by atoms with Crippen LogP contribution in [0.15, 0.2) is 36.4 Å². The van der Waals surface area contributed by atoms with E-state index in [-0.39, 0.29) is 0 Å². The van der Waals surface area contributed by atoms with Gasteiger partial charge in [0.05, 0.1) is 45.3 Å². The minimum absolute atomic E-state index is 1.32. The molecule has 4 rings (SSSR count). The number of hydrogen-bond donors (Lipinski definition) is 2. The molecule has 2 N–H and O–H groups in total. The summed E-state index contributed by atoms with van der Waals surface area (Å²) in [7, 11) is -9.83. The van der Waals surface area contributed by atoms with Crippen LogP contribution in [-0.4, -0.2) is 35.0 Å². The Morgan fingerprint density at radius 1 is 0.676 bits per heavy atom. The first-order valence-corrected chi connectivity index (χ1v) is 15.2. The summed E-state index contributed by atoms with van der Waals surface area (Å²) in [4.78, 5) is 5.71. The second-order valence-corrected chi connectivity index (χ2v) is 14.0. The predicted octanol–water partition coefficient (Wildman–Crippen LogP) is 6.22. The van der Waals surface area contributed by atoms with Crippen LogP contribution in [0.5, 0.6) is 0 Å². The molecule has 0 radical (unpaired) electrons. The van der Waals surface area contributed by atoms with Crippen LogP contribution < -0.4 is 0 Å². The number of fused-ring (bicyclic) bond motifs is 1. The molecule has 8 nitrogen and oxygen atoms in total. The fourth-order valence-electron chi connectivity index (χ4n) is 2.62. The molecule has 2 heterocycles. The quantitative estimate of drug-likeness (QED) is 0.161. The molecule has 0 saturated heterocycles. The lowest BCUT2D eigenvalue weighted by Crippen LogP contribution is -1.90. The summed E-state index contributed by atoms with van der Waals surface area (Å²) in [6.07, 6.45) is 0. The van der Waals surface area contributed by atoms with Gasteiger partial charge >= 0.3 is 0 Å². The third-order valence-electron chi connectivity index (χ3n) is 4.29. The van der Waals surface area contributed by atoms with Crippen molar-refractivity contribution in [3.05, 3.63) is 55.9 Å². The van der Waals surface area contributed by atoms with Crippen LogP contribution in [0, 0.1) is 27.7 Å². The zero-order chi connectivity index (χ0) is 25.8. The number of hydrogen-bond acceptors (Lipinski definition) is 8. The van der Waals surface area contributed by atoms with Crippen molar-refractivity contribution in [1.29, 1.82) is 0 Å². The van der Waals surface area contributed by atoms with Crippen LogP contribution in [0.1, 0.15) is 19.5 Å². The maximum Gasteiger partial charge on any atom is 0.285 e. The van der Waals surface area contributed by atoms with Crippen LogP contribution in [0.3, 0.4) is 0 Å². The highest BCUT2D eigenvalue weighted by Crippen LogP contribution is 2.39. The first kappa shape index (κ1) is 28.8. The van der Waals surface area contributed by atoms with Crippen LogP contribution >= 0.6 is 45.3 Å². The third kappa shape index (κ3) is 9.65. The highest BCUT2D eigenvalue weighted by atomic mass is 32.3. The molecular formula is C20H20O8S6. The fourth-order valence-corrected chi connectivity index (χ4v) is 7.62. The number of benzene rings is 2. The minimum atomic E-state index is -4.92. The Labute approximate surface area is 214 Å². The highest BCUT2D eigenvalue weighted by molar-refractivity contribution is 7.80. The average Bonchev–Trinajstić information content (AvgIpc) is 3.20. The van der Waals surface area contributed by atoms with E-state index in [0.29, 0.717) is 0 Å². The molecule has 0 spiro atoms. The normalized spacial score (nSPS) is 11.4. The van der Waals surface area contributed by atoms with Crippen molar-refractivity contribution in [1.82, 2.24) is 0 Å². The fraction of sp³-hybridized carbons (Fsp3) is 0.200. The van der Waals surface area contributed by atoms with E-state index in [2.05, 4.69) is 64.1 Å². The van der Waals surface area contributed by atoms with Crippen molar-refractivity contribution in [2.24, 2.45) is 0 Å². The predicted molar refractivity (Wildman–Crippen MR) is 139 cm³/mol. The van der Waals surface area contributed by atoms with Gasteiger partial charge in [-0.25, -0.2) is 16.8 Å². The molecule has 2 aromatic heterocycles. The molecule has 0 aliphatic carbocycles. The highest BCUT2D eigenvalue weighted by Gasteiger charge is 2.20. The van der Waals surface area contributed by atoms with Gasteiger partial charge in [-0.2, -0.15) is 0 Å². The Balaban J connectivity index is 0.000000347. The molecule has 2 aromatic carbocycles. The molecule has 0 amide bonds. The van der Waals surface area contributed by atoms with E-state index in [9.17, 15) is 0 Å². The van der Waals surface area contributed by atoms with E-state index >= 15 is 0 Å². The zero-order valence-corrected chi connectivity index (χ0v) is 23.2. The lowest BCUT2D eigenvalue weighted by Gasteiger charge is -2.00. The van der Waals surface area contributed by atoms with Crippen LogP contribution in [-0.2, 0) is 20.8 Å². The van der Waals surface area contributed by atoms with Crippen molar-refractivity contribution in [3.63, 3.8) is 0 Å². The first-order chi connectivity index (χ1) is 15.5. The molecule has 4 aromatic rings. The maximum absolute atomic E-state index is 8.63. The summed E-state index contributed by atoms with van der Waals surface area (Å²) in [5.74, 6) is 0. The van der Waals surface area contributed by atoms with Gasteiger partial charge in [0, 0.05) is 11.1 Å². The summed E-state index contributed by atoms with van der Waals surface area (Å²) in [6.45, 7) is 8.83. The van der Waals surface area contributed by atoms with Gasteiger partial charge in [-0.1, -0.05) is 12.1 Å². The Hall–Kier alpha value is -1.46. The van der Waals surface area contributed by atoms with Crippen molar-refractivity contribution in [2.45, 2.75) is 27.7 Å². The second kappa shape index (κ2) is 11.5. The maximum atomic E-state index is 8.63. The lowest BCUT2D eigenvalue weighted by atomic mass is 10.1. The van der Waals surface area contributed by atoms with Crippen LogP contribution in [0.4, 0.5) is 0 Å². The SMILES string of the molecule is Cc1sc(-c2ccc3cc(-c4sc(C)c(C)[s+]4)ccc3c2)[s+]c1C.O=S(=O)([O-])O.O=S(=O)([O-])O. The average molecular weight is 581 g/mol. The molecule has 0 aliphatic heterocycles. The van der Waals surface area contributed by atoms with Gasteiger partial charge < -0.3 is 9.11 Å². The Morgan fingerprint density at radius 2 is 0.971 bits per heavy atom. The summed E-state index contributed by atoms with van der Waals surface area (Å²) in [6, 6.07) is 13.7. The Morgan fingerprint density at radius 3 is 1.21 bits per heavy atom. The third-order valence-corrected chi connectivity index (χ3v) is 9.68. The summed E-state index contributed by atoms with van der Waals surface area (Å²) in [5, 5.41) is 2.64.